The number of hydrogen-bond donors (Lipinski definition) is 1. The zero-order chi connectivity index (χ0) is 17.4. The molecule has 0 spiro atoms. The topological polar surface area (TPSA) is 44.9 Å². The lowest BCUT2D eigenvalue weighted by atomic mass is 10.0. The standard InChI is InChI=1S/C20H24N4S/c1-23-13-16-5-4-10-24(16)12-14-11-15(8-9-18(14)23)22-20(21)17-6-2-3-7-19(17)25/h2-3,6,8-9,11,16H,4-5,7,10,12-13H2,1H3,(H2,21,22). The Kier molecular flexibility index (Phi) is 4.44. The van der Waals surface area contributed by atoms with Crippen LogP contribution in [0.2, 0.25) is 0 Å². The molecule has 2 N–H and O–H groups in total. The molecular weight excluding hydrogens is 328 g/mol. The quantitative estimate of drug-likeness (QED) is 0.504. The molecule has 0 saturated carbocycles. The Morgan fingerprint density at radius 2 is 2.24 bits per heavy atom. The Labute approximate surface area is 154 Å². The van der Waals surface area contributed by atoms with Crippen LogP contribution in [0.15, 0.2) is 47.0 Å². The van der Waals surface area contributed by atoms with Gasteiger partial charge in [-0.3, -0.25) is 4.90 Å². The number of anilines is 1. The number of benzene rings is 1. The minimum absolute atomic E-state index is 0.510. The molecule has 4 rings (SSSR count). The van der Waals surface area contributed by atoms with Gasteiger partial charge in [0.1, 0.15) is 5.84 Å². The smallest absolute Gasteiger partial charge is 0.132 e. The van der Waals surface area contributed by atoms with Crippen molar-refractivity contribution in [2.24, 2.45) is 10.7 Å². The van der Waals surface area contributed by atoms with Gasteiger partial charge in [0, 0.05) is 48.7 Å². The Balaban J connectivity index is 1.65. The van der Waals surface area contributed by atoms with Crippen molar-refractivity contribution < 1.29 is 0 Å². The zero-order valence-electron chi connectivity index (χ0n) is 14.6. The second-order valence-corrected chi connectivity index (χ2v) is 7.59. The van der Waals surface area contributed by atoms with Crippen LogP contribution in [0.5, 0.6) is 0 Å². The monoisotopic (exact) mass is 352 g/mol. The SMILES string of the molecule is CN1CC2CCCN2Cc2cc(N=C(N)C3=CC=CCC3=S)ccc21. The molecule has 1 unspecified atom stereocenters. The van der Waals surface area contributed by atoms with E-state index in [1.165, 1.54) is 30.6 Å². The molecule has 1 atom stereocenters. The molecule has 4 nitrogen and oxygen atoms in total. The van der Waals surface area contributed by atoms with Crippen LogP contribution in [0, 0.1) is 0 Å². The molecule has 25 heavy (non-hydrogen) atoms. The molecule has 0 radical (unpaired) electrons. The van der Waals surface area contributed by atoms with E-state index in [0.717, 1.165) is 35.6 Å². The summed E-state index contributed by atoms with van der Waals surface area (Å²) >= 11 is 5.41. The van der Waals surface area contributed by atoms with E-state index in [2.05, 4.69) is 40.0 Å². The molecule has 2 heterocycles. The number of hydrogen-bond acceptors (Lipinski definition) is 4. The fourth-order valence-electron chi connectivity index (χ4n) is 4.05. The van der Waals surface area contributed by atoms with Gasteiger partial charge in [-0.15, -0.1) is 0 Å². The minimum atomic E-state index is 0.510. The largest absolute Gasteiger partial charge is 0.383 e. The molecule has 130 valence electrons. The van der Waals surface area contributed by atoms with E-state index >= 15 is 0 Å². The van der Waals surface area contributed by atoms with Crippen molar-refractivity contribution >= 4 is 34.3 Å². The Morgan fingerprint density at radius 3 is 3.08 bits per heavy atom. The number of thiocarbonyl (C=S) groups is 1. The maximum absolute atomic E-state index is 6.23. The van der Waals surface area contributed by atoms with Gasteiger partial charge < -0.3 is 10.6 Å². The van der Waals surface area contributed by atoms with Gasteiger partial charge in [-0.05, 0) is 43.1 Å². The third-order valence-corrected chi connectivity index (χ3v) is 5.75. The van der Waals surface area contributed by atoms with Crippen LogP contribution < -0.4 is 10.6 Å². The molecule has 1 aliphatic carbocycles. The van der Waals surface area contributed by atoms with Crippen LogP contribution in [0.25, 0.3) is 0 Å². The van der Waals surface area contributed by atoms with E-state index in [1.54, 1.807) is 0 Å². The molecule has 1 saturated heterocycles. The second kappa shape index (κ2) is 6.73. The molecule has 1 aromatic carbocycles. The first kappa shape index (κ1) is 16.5. The molecule has 5 heteroatoms. The highest BCUT2D eigenvalue weighted by Gasteiger charge is 2.29. The van der Waals surface area contributed by atoms with Gasteiger partial charge in [0.05, 0.1) is 5.69 Å². The Bertz CT molecular complexity index is 793. The van der Waals surface area contributed by atoms with E-state index in [1.807, 2.05) is 18.2 Å². The molecular formula is C20H24N4S. The maximum atomic E-state index is 6.23. The van der Waals surface area contributed by atoms with Crippen LogP contribution in [0.3, 0.4) is 0 Å². The number of rotatable bonds is 2. The summed E-state index contributed by atoms with van der Waals surface area (Å²) in [6.45, 7) is 3.30. The zero-order valence-corrected chi connectivity index (χ0v) is 15.4. The lowest BCUT2D eigenvalue weighted by molar-refractivity contribution is 0.255. The summed E-state index contributed by atoms with van der Waals surface area (Å²) in [6.07, 6.45) is 9.36. The number of aliphatic imine (C=N–C) groups is 1. The van der Waals surface area contributed by atoms with Gasteiger partial charge in [-0.1, -0.05) is 30.4 Å². The normalized spacial score (nSPS) is 24.0. The summed E-state index contributed by atoms with van der Waals surface area (Å²) in [5, 5.41) is 0. The van der Waals surface area contributed by atoms with Crippen molar-refractivity contribution in [1.29, 1.82) is 0 Å². The average molecular weight is 353 g/mol. The van der Waals surface area contributed by atoms with Crippen molar-refractivity contribution in [3.8, 4) is 0 Å². The van der Waals surface area contributed by atoms with Gasteiger partial charge in [0.15, 0.2) is 0 Å². The van der Waals surface area contributed by atoms with Crippen LogP contribution >= 0.6 is 12.2 Å². The van der Waals surface area contributed by atoms with Crippen LogP contribution in [-0.2, 0) is 6.54 Å². The first-order chi connectivity index (χ1) is 12.1. The highest BCUT2D eigenvalue weighted by molar-refractivity contribution is 7.81. The summed E-state index contributed by atoms with van der Waals surface area (Å²) in [5.41, 5.74) is 10.7. The molecule has 1 fully saturated rings. The Hall–Kier alpha value is -1.98. The van der Waals surface area contributed by atoms with E-state index < -0.39 is 0 Å². The molecule has 0 aromatic heterocycles. The van der Waals surface area contributed by atoms with E-state index in [4.69, 9.17) is 18.0 Å². The summed E-state index contributed by atoms with van der Waals surface area (Å²) in [5.74, 6) is 0.510. The summed E-state index contributed by atoms with van der Waals surface area (Å²) in [4.78, 5) is 10.5. The van der Waals surface area contributed by atoms with Crippen LogP contribution in [-0.4, -0.2) is 41.8 Å². The Morgan fingerprint density at radius 1 is 1.36 bits per heavy atom. The lowest BCUT2D eigenvalue weighted by Gasteiger charge is -2.24. The van der Waals surface area contributed by atoms with Crippen molar-refractivity contribution in [2.45, 2.75) is 31.8 Å². The van der Waals surface area contributed by atoms with E-state index in [0.29, 0.717) is 11.9 Å². The van der Waals surface area contributed by atoms with E-state index in [-0.39, 0.29) is 0 Å². The molecule has 2 aliphatic heterocycles. The van der Waals surface area contributed by atoms with Crippen molar-refractivity contribution in [3.63, 3.8) is 0 Å². The van der Waals surface area contributed by atoms with Crippen molar-refractivity contribution in [2.75, 3.05) is 25.0 Å². The fraction of sp³-hybridized carbons (Fsp3) is 0.400. The van der Waals surface area contributed by atoms with Gasteiger partial charge in [-0.25, -0.2) is 4.99 Å². The first-order valence-corrected chi connectivity index (χ1v) is 9.35. The maximum Gasteiger partial charge on any atom is 0.132 e. The number of allylic oxidation sites excluding steroid dienone is 3. The number of likely N-dealkylation sites (N-methyl/N-ethyl adjacent to an activating group) is 1. The highest BCUT2D eigenvalue weighted by Crippen LogP contribution is 2.33. The molecule has 1 aromatic rings. The summed E-state index contributed by atoms with van der Waals surface area (Å²) in [7, 11) is 2.19. The highest BCUT2D eigenvalue weighted by atomic mass is 32.1. The number of fused-ring (bicyclic) bond motifs is 2. The average Bonchev–Trinajstić information content (AvgIpc) is 2.97. The second-order valence-electron chi connectivity index (χ2n) is 7.09. The van der Waals surface area contributed by atoms with Gasteiger partial charge in [0.2, 0.25) is 0 Å². The summed E-state index contributed by atoms with van der Waals surface area (Å²) in [6, 6.07) is 7.09. The predicted molar refractivity (Wildman–Crippen MR) is 109 cm³/mol. The van der Waals surface area contributed by atoms with E-state index in [9.17, 15) is 0 Å². The number of nitrogens with zero attached hydrogens (tertiary/aromatic N) is 3. The van der Waals surface area contributed by atoms with Crippen molar-refractivity contribution in [3.05, 3.63) is 47.6 Å². The third kappa shape index (κ3) is 3.26. The molecule has 0 bridgehead atoms. The lowest BCUT2D eigenvalue weighted by Crippen LogP contribution is -2.35. The predicted octanol–water partition coefficient (Wildman–Crippen LogP) is 3.35. The van der Waals surface area contributed by atoms with Crippen LogP contribution in [0.1, 0.15) is 24.8 Å². The van der Waals surface area contributed by atoms with Crippen LogP contribution in [0.4, 0.5) is 11.4 Å². The first-order valence-electron chi connectivity index (χ1n) is 8.94. The van der Waals surface area contributed by atoms with Gasteiger partial charge in [-0.2, -0.15) is 0 Å². The molecule has 0 amide bonds. The van der Waals surface area contributed by atoms with Crippen molar-refractivity contribution in [1.82, 2.24) is 4.90 Å². The fourth-order valence-corrected chi connectivity index (χ4v) is 4.32. The summed E-state index contributed by atoms with van der Waals surface area (Å²) < 4.78 is 0. The molecule has 3 aliphatic rings. The number of nitrogens with two attached hydrogens (primary N) is 1. The van der Waals surface area contributed by atoms with Gasteiger partial charge >= 0.3 is 0 Å². The van der Waals surface area contributed by atoms with Gasteiger partial charge in [0.25, 0.3) is 0 Å². The number of amidine groups is 1. The minimum Gasteiger partial charge on any atom is -0.383 e. The third-order valence-electron chi connectivity index (χ3n) is 5.36.